The van der Waals surface area contributed by atoms with Gasteiger partial charge < -0.3 is 9.97 Å². The molecule has 3 aromatic carbocycles. The molecule has 48 heavy (non-hydrogen) atoms. The van der Waals surface area contributed by atoms with Crippen molar-refractivity contribution in [3.05, 3.63) is 149 Å². The summed E-state index contributed by atoms with van der Waals surface area (Å²) in [5, 5.41) is 0. The molecule has 8 rings (SSSR count). The molecule has 0 aliphatic carbocycles. The molecule has 5 heteroatoms. The molecule has 6 aromatic rings. The summed E-state index contributed by atoms with van der Waals surface area (Å²) >= 11 is 0. The van der Waals surface area contributed by atoms with Crippen molar-refractivity contribution in [3.8, 4) is 33.4 Å². The van der Waals surface area contributed by atoms with Crippen LogP contribution in [0.25, 0.3) is 85.8 Å². The van der Waals surface area contributed by atoms with Crippen LogP contribution in [0.4, 0.5) is 0 Å². The molecular weight excluding hydrogens is 638 g/mol. The van der Waals surface area contributed by atoms with Crippen molar-refractivity contribution in [2.75, 3.05) is 0 Å². The smallest absolute Gasteiger partial charge is 0.657 e. The number of hydrogen-bond acceptors (Lipinski definition) is 2. The van der Waals surface area contributed by atoms with Gasteiger partial charge in [-0.2, -0.15) is 0 Å². The van der Waals surface area contributed by atoms with Gasteiger partial charge >= 0.3 is 19.5 Å². The van der Waals surface area contributed by atoms with Gasteiger partial charge in [-0.1, -0.05) is 126 Å². The molecule has 3 aromatic heterocycles. The van der Waals surface area contributed by atoms with Crippen LogP contribution < -0.4 is 9.97 Å². The number of nitrogens with zero attached hydrogens (tertiary/aromatic N) is 4. The van der Waals surface area contributed by atoms with Gasteiger partial charge in [-0.25, -0.2) is 9.97 Å². The molecule has 8 bridgehead atoms. The standard InChI is InChI=1S/C43H32N4.Zn/c1-5-32-33-18-20-35(44-33)41(29-12-6-26(2)7-13-29)37-22-24-39(46-37)43(31-16-10-28(4)11-17-31)40-25-23-38(47-40)42(36-21-19-34(32)45-36)30-14-8-27(3)9-15-30;/h5-25H,1H2,2-4H3;/q-2;+2. The van der Waals surface area contributed by atoms with Crippen LogP contribution in [-0.4, -0.2) is 9.97 Å². The molecule has 0 fully saturated rings. The SMILES string of the molecule is C=Cc1c2nc(c(-c3ccc(C)cc3)c3ccc([n-]3)c(-c3ccc(C)cc3)c3nc(c(-c4ccc(C)cc4)c4ccc1[n-]4)C=C3)C=C2.[Zn+2]. The molecule has 4 nitrogen and oxygen atoms in total. The van der Waals surface area contributed by atoms with Crippen LogP contribution in [0.3, 0.4) is 0 Å². The van der Waals surface area contributed by atoms with Crippen LogP contribution in [0.2, 0.25) is 0 Å². The van der Waals surface area contributed by atoms with E-state index in [2.05, 4.69) is 149 Å². The normalized spacial score (nSPS) is 11.8. The number of rotatable bonds is 4. The average molecular weight is 670 g/mol. The van der Waals surface area contributed by atoms with Crippen LogP contribution in [0.15, 0.2) is 104 Å². The van der Waals surface area contributed by atoms with E-state index in [0.717, 1.165) is 83.8 Å². The van der Waals surface area contributed by atoms with Crippen LogP contribution in [0.1, 0.15) is 45.0 Å². The minimum absolute atomic E-state index is 0. The molecule has 0 saturated carbocycles. The maximum Gasteiger partial charge on any atom is 2.00 e. The fraction of sp³-hybridized carbons (Fsp3) is 0.0698. The quantitative estimate of drug-likeness (QED) is 0.175. The third-order valence-electron chi connectivity index (χ3n) is 8.87. The first-order chi connectivity index (χ1) is 22.9. The first kappa shape index (κ1) is 31.2. The third kappa shape index (κ3) is 5.61. The molecule has 0 radical (unpaired) electrons. The first-order valence-corrected chi connectivity index (χ1v) is 15.8. The first-order valence-electron chi connectivity index (χ1n) is 15.8. The Kier molecular flexibility index (Phi) is 8.25. The van der Waals surface area contributed by atoms with E-state index in [0.29, 0.717) is 0 Å². The van der Waals surface area contributed by atoms with E-state index in [1.165, 1.54) is 16.7 Å². The van der Waals surface area contributed by atoms with Crippen molar-refractivity contribution in [3.63, 3.8) is 0 Å². The van der Waals surface area contributed by atoms with Gasteiger partial charge in [0.25, 0.3) is 0 Å². The van der Waals surface area contributed by atoms with Crippen molar-refractivity contribution in [2.24, 2.45) is 0 Å². The zero-order chi connectivity index (χ0) is 32.1. The Labute approximate surface area is 293 Å². The molecule has 2 aliphatic rings. The maximum atomic E-state index is 5.30. The van der Waals surface area contributed by atoms with E-state index in [-0.39, 0.29) is 19.5 Å². The van der Waals surface area contributed by atoms with Gasteiger partial charge in [0.2, 0.25) is 0 Å². The van der Waals surface area contributed by atoms with Crippen LogP contribution in [0, 0.1) is 20.8 Å². The van der Waals surface area contributed by atoms with E-state index in [1.807, 2.05) is 6.08 Å². The topological polar surface area (TPSA) is 54.0 Å². The summed E-state index contributed by atoms with van der Waals surface area (Å²) in [6.07, 6.45) is 10.2. The molecule has 0 saturated heterocycles. The van der Waals surface area contributed by atoms with E-state index in [1.54, 1.807) is 0 Å². The van der Waals surface area contributed by atoms with Crippen molar-refractivity contribution in [2.45, 2.75) is 20.8 Å². The van der Waals surface area contributed by atoms with Gasteiger partial charge in [0, 0.05) is 0 Å². The number of aromatic nitrogens is 4. The molecule has 0 amide bonds. The molecule has 226 valence electrons. The Morgan fingerprint density at radius 1 is 0.438 bits per heavy atom. The second-order valence-corrected chi connectivity index (χ2v) is 12.2. The summed E-state index contributed by atoms with van der Waals surface area (Å²) in [5.74, 6) is 0. The zero-order valence-electron chi connectivity index (χ0n) is 27.3. The van der Waals surface area contributed by atoms with Crippen LogP contribution >= 0.6 is 0 Å². The van der Waals surface area contributed by atoms with Gasteiger partial charge in [0.1, 0.15) is 0 Å². The van der Waals surface area contributed by atoms with Crippen molar-refractivity contribution >= 4 is 52.4 Å². The minimum Gasteiger partial charge on any atom is -0.657 e. The summed E-state index contributed by atoms with van der Waals surface area (Å²) in [5.41, 5.74) is 17.4. The number of benzene rings is 3. The average Bonchev–Trinajstić information content (AvgIpc) is 3.91. The Balaban J connectivity index is 0.00000364. The van der Waals surface area contributed by atoms with E-state index < -0.39 is 0 Å². The van der Waals surface area contributed by atoms with E-state index in [9.17, 15) is 0 Å². The summed E-state index contributed by atoms with van der Waals surface area (Å²) in [7, 11) is 0. The summed E-state index contributed by atoms with van der Waals surface area (Å²) in [6, 6.07) is 34.0. The van der Waals surface area contributed by atoms with Crippen LogP contribution in [-0.2, 0) is 19.5 Å². The fourth-order valence-corrected chi connectivity index (χ4v) is 6.37. The number of fused-ring (bicyclic) bond motifs is 8. The second kappa shape index (κ2) is 12.7. The van der Waals surface area contributed by atoms with Gasteiger partial charge in [-0.05, 0) is 84.0 Å². The predicted molar refractivity (Wildman–Crippen MR) is 197 cm³/mol. The van der Waals surface area contributed by atoms with Gasteiger partial charge in [0.15, 0.2) is 0 Å². The van der Waals surface area contributed by atoms with E-state index in [4.69, 9.17) is 19.9 Å². The number of hydrogen-bond donors (Lipinski definition) is 0. The minimum atomic E-state index is 0. The van der Waals surface area contributed by atoms with Crippen LogP contribution in [0.5, 0.6) is 0 Å². The molecule has 2 aliphatic heterocycles. The summed E-state index contributed by atoms with van der Waals surface area (Å²) in [6.45, 7) is 10.5. The fourth-order valence-electron chi connectivity index (χ4n) is 6.37. The molecular formula is C43H32N4Zn. The van der Waals surface area contributed by atoms with Crippen molar-refractivity contribution in [1.82, 2.24) is 19.9 Å². The summed E-state index contributed by atoms with van der Waals surface area (Å²) in [4.78, 5) is 21.0. The monoisotopic (exact) mass is 668 g/mol. The molecule has 0 spiro atoms. The van der Waals surface area contributed by atoms with Crippen molar-refractivity contribution in [1.29, 1.82) is 0 Å². The molecule has 0 N–H and O–H groups in total. The molecule has 5 heterocycles. The van der Waals surface area contributed by atoms with Gasteiger partial charge in [0.05, 0.1) is 22.8 Å². The molecule has 0 atom stereocenters. The predicted octanol–water partition coefficient (Wildman–Crippen LogP) is 10.5. The van der Waals surface area contributed by atoms with Crippen molar-refractivity contribution < 1.29 is 19.5 Å². The van der Waals surface area contributed by atoms with E-state index >= 15 is 0 Å². The number of aryl methyl sites for hydroxylation is 3. The summed E-state index contributed by atoms with van der Waals surface area (Å²) < 4.78 is 0. The van der Waals surface area contributed by atoms with Gasteiger partial charge in [-0.15, -0.1) is 22.1 Å². The Bertz CT molecular complexity index is 2380. The Morgan fingerprint density at radius 2 is 0.750 bits per heavy atom. The maximum absolute atomic E-state index is 5.30. The Morgan fingerprint density at radius 3 is 1.12 bits per heavy atom. The Hall–Kier alpha value is -5.38. The largest absolute Gasteiger partial charge is 2.00 e. The third-order valence-corrected chi connectivity index (χ3v) is 8.87. The second-order valence-electron chi connectivity index (χ2n) is 12.2. The molecule has 0 unspecified atom stereocenters. The van der Waals surface area contributed by atoms with Gasteiger partial charge in [-0.3, -0.25) is 0 Å². The zero-order valence-corrected chi connectivity index (χ0v) is 30.3.